The Balaban J connectivity index is 1.77. The molecule has 0 heterocycles. The standard InChI is InChI=1S/C21H32O5/c1-19-7-5-13(23)9-12(19)3-4-14-15-6-8-21(26,17(25)11-22)20(15,2)10-16(24)18(14)19/h3-4,13,15-18,22-26H,5-11H2,1-2H3/t13-,15-,16-,17-,18-,19+,20-,21-/m0/s1. The zero-order valence-electron chi connectivity index (χ0n) is 15.7. The van der Waals surface area contributed by atoms with E-state index >= 15 is 0 Å². The van der Waals surface area contributed by atoms with Crippen molar-refractivity contribution in [3.63, 3.8) is 0 Å². The molecule has 146 valence electrons. The number of allylic oxidation sites excluding steroid dienone is 2. The Morgan fingerprint density at radius 1 is 1.15 bits per heavy atom. The maximum Gasteiger partial charge on any atom is 0.106 e. The average molecular weight is 364 g/mol. The van der Waals surface area contributed by atoms with E-state index in [4.69, 9.17) is 0 Å². The fourth-order valence-corrected chi connectivity index (χ4v) is 6.85. The fourth-order valence-electron chi connectivity index (χ4n) is 6.85. The van der Waals surface area contributed by atoms with E-state index in [0.29, 0.717) is 19.3 Å². The number of fused-ring (bicyclic) bond motifs is 5. The highest BCUT2D eigenvalue weighted by molar-refractivity contribution is 5.41. The summed E-state index contributed by atoms with van der Waals surface area (Å²) in [7, 11) is 0. The molecule has 0 saturated heterocycles. The molecular formula is C21H32O5. The second-order valence-corrected chi connectivity index (χ2v) is 9.55. The number of aliphatic hydroxyl groups is 5. The summed E-state index contributed by atoms with van der Waals surface area (Å²) in [4.78, 5) is 0. The molecule has 0 unspecified atom stereocenters. The van der Waals surface area contributed by atoms with Gasteiger partial charge in [0.1, 0.15) is 6.10 Å². The zero-order valence-corrected chi connectivity index (χ0v) is 15.7. The molecule has 3 saturated carbocycles. The molecule has 3 fully saturated rings. The van der Waals surface area contributed by atoms with Crippen LogP contribution in [0.2, 0.25) is 0 Å². The van der Waals surface area contributed by atoms with Crippen LogP contribution in [0.25, 0.3) is 0 Å². The van der Waals surface area contributed by atoms with Gasteiger partial charge >= 0.3 is 0 Å². The molecule has 5 nitrogen and oxygen atoms in total. The molecule has 0 aliphatic heterocycles. The third-order valence-electron chi connectivity index (χ3n) is 8.43. The first kappa shape index (κ1) is 18.6. The Morgan fingerprint density at radius 3 is 2.58 bits per heavy atom. The van der Waals surface area contributed by atoms with Crippen molar-refractivity contribution in [1.82, 2.24) is 0 Å². The molecule has 5 heteroatoms. The first-order chi connectivity index (χ1) is 12.2. The number of hydrogen-bond donors (Lipinski definition) is 5. The summed E-state index contributed by atoms with van der Waals surface area (Å²) in [5, 5.41) is 52.3. The van der Waals surface area contributed by atoms with Crippen LogP contribution in [0.15, 0.2) is 23.3 Å². The van der Waals surface area contributed by atoms with Gasteiger partial charge in [0.15, 0.2) is 0 Å². The van der Waals surface area contributed by atoms with E-state index in [0.717, 1.165) is 19.3 Å². The third-order valence-corrected chi connectivity index (χ3v) is 8.43. The zero-order chi connectivity index (χ0) is 18.9. The van der Waals surface area contributed by atoms with Crippen molar-refractivity contribution in [2.75, 3.05) is 6.61 Å². The minimum atomic E-state index is -1.38. The van der Waals surface area contributed by atoms with Crippen LogP contribution in [0.1, 0.15) is 52.4 Å². The van der Waals surface area contributed by atoms with E-state index in [1.165, 1.54) is 11.1 Å². The van der Waals surface area contributed by atoms with E-state index in [9.17, 15) is 25.5 Å². The van der Waals surface area contributed by atoms with Gasteiger partial charge in [-0.2, -0.15) is 0 Å². The van der Waals surface area contributed by atoms with Gasteiger partial charge in [0, 0.05) is 11.3 Å². The maximum absolute atomic E-state index is 11.3. The lowest BCUT2D eigenvalue weighted by molar-refractivity contribution is -0.179. The van der Waals surface area contributed by atoms with Crippen molar-refractivity contribution in [2.24, 2.45) is 22.7 Å². The van der Waals surface area contributed by atoms with E-state index in [-0.39, 0.29) is 23.4 Å². The van der Waals surface area contributed by atoms with Crippen molar-refractivity contribution in [3.8, 4) is 0 Å². The van der Waals surface area contributed by atoms with Crippen LogP contribution in [0.3, 0.4) is 0 Å². The molecular weight excluding hydrogens is 332 g/mol. The van der Waals surface area contributed by atoms with Crippen molar-refractivity contribution in [1.29, 1.82) is 0 Å². The predicted octanol–water partition coefficient (Wildman–Crippen LogP) is 1.29. The van der Waals surface area contributed by atoms with Crippen LogP contribution in [0, 0.1) is 22.7 Å². The van der Waals surface area contributed by atoms with Crippen molar-refractivity contribution in [3.05, 3.63) is 23.3 Å². The van der Waals surface area contributed by atoms with Crippen molar-refractivity contribution < 1.29 is 25.5 Å². The first-order valence-corrected chi connectivity index (χ1v) is 9.96. The van der Waals surface area contributed by atoms with Crippen LogP contribution >= 0.6 is 0 Å². The normalized spacial score (nSPS) is 51.7. The molecule has 0 aromatic rings. The molecule has 4 aliphatic rings. The molecule has 5 N–H and O–H groups in total. The van der Waals surface area contributed by atoms with Gasteiger partial charge in [-0.05, 0) is 49.9 Å². The Kier molecular flexibility index (Phi) is 4.22. The molecule has 0 aromatic heterocycles. The number of aliphatic hydroxyl groups excluding tert-OH is 4. The third kappa shape index (κ3) is 2.21. The quantitative estimate of drug-likeness (QED) is 0.508. The Bertz CT molecular complexity index is 657. The van der Waals surface area contributed by atoms with Gasteiger partial charge in [-0.1, -0.05) is 37.1 Å². The summed E-state index contributed by atoms with van der Waals surface area (Å²) >= 11 is 0. The van der Waals surface area contributed by atoms with E-state index in [1.54, 1.807) is 0 Å². The van der Waals surface area contributed by atoms with Crippen molar-refractivity contribution >= 4 is 0 Å². The molecule has 4 rings (SSSR count). The molecule has 0 spiro atoms. The summed E-state index contributed by atoms with van der Waals surface area (Å²) in [6.07, 6.45) is 5.97. The maximum atomic E-state index is 11.3. The van der Waals surface area contributed by atoms with Gasteiger partial charge in [-0.25, -0.2) is 0 Å². The lowest BCUT2D eigenvalue weighted by atomic mass is 9.48. The van der Waals surface area contributed by atoms with Gasteiger partial charge in [0.25, 0.3) is 0 Å². The lowest BCUT2D eigenvalue weighted by Gasteiger charge is -2.58. The minimum absolute atomic E-state index is 0.00157. The summed E-state index contributed by atoms with van der Waals surface area (Å²) in [6, 6.07) is 0. The van der Waals surface area contributed by atoms with Gasteiger partial charge in [0.2, 0.25) is 0 Å². The highest BCUT2D eigenvalue weighted by Gasteiger charge is 2.66. The highest BCUT2D eigenvalue weighted by Crippen LogP contribution is 2.66. The van der Waals surface area contributed by atoms with E-state index < -0.39 is 29.8 Å². The largest absolute Gasteiger partial charge is 0.394 e. The van der Waals surface area contributed by atoms with Gasteiger partial charge < -0.3 is 25.5 Å². The van der Waals surface area contributed by atoms with E-state index in [2.05, 4.69) is 19.1 Å². The summed E-state index contributed by atoms with van der Waals surface area (Å²) in [5.74, 6) is 0.0882. The highest BCUT2D eigenvalue weighted by atomic mass is 16.4. The Morgan fingerprint density at radius 2 is 1.88 bits per heavy atom. The number of rotatable bonds is 2. The second-order valence-electron chi connectivity index (χ2n) is 9.55. The molecule has 4 aliphatic carbocycles. The van der Waals surface area contributed by atoms with Crippen LogP contribution in [0.5, 0.6) is 0 Å². The topological polar surface area (TPSA) is 101 Å². The first-order valence-electron chi connectivity index (χ1n) is 9.96. The van der Waals surface area contributed by atoms with Crippen LogP contribution in [-0.4, -0.2) is 56.1 Å². The Hall–Kier alpha value is -0.720. The minimum Gasteiger partial charge on any atom is -0.394 e. The molecule has 0 radical (unpaired) electrons. The van der Waals surface area contributed by atoms with Gasteiger partial charge in [-0.15, -0.1) is 0 Å². The summed E-state index contributed by atoms with van der Waals surface area (Å²) < 4.78 is 0. The van der Waals surface area contributed by atoms with Crippen molar-refractivity contribution in [2.45, 2.75) is 76.3 Å². The average Bonchev–Trinajstić information content (AvgIpc) is 2.86. The fraction of sp³-hybridized carbons (Fsp3) is 0.810. The molecule has 0 amide bonds. The van der Waals surface area contributed by atoms with E-state index in [1.807, 2.05) is 6.92 Å². The van der Waals surface area contributed by atoms with Crippen LogP contribution in [-0.2, 0) is 0 Å². The van der Waals surface area contributed by atoms with Crippen LogP contribution in [0.4, 0.5) is 0 Å². The van der Waals surface area contributed by atoms with Gasteiger partial charge in [-0.3, -0.25) is 0 Å². The smallest absolute Gasteiger partial charge is 0.106 e. The predicted molar refractivity (Wildman–Crippen MR) is 97.1 cm³/mol. The molecule has 8 atom stereocenters. The second kappa shape index (κ2) is 5.89. The number of hydrogen-bond acceptors (Lipinski definition) is 5. The van der Waals surface area contributed by atoms with Crippen LogP contribution < -0.4 is 0 Å². The lowest BCUT2D eigenvalue weighted by Crippen LogP contribution is -2.60. The Labute approximate surface area is 155 Å². The molecule has 26 heavy (non-hydrogen) atoms. The van der Waals surface area contributed by atoms with Gasteiger partial charge in [0.05, 0.1) is 24.4 Å². The monoisotopic (exact) mass is 364 g/mol. The summed E-state index contributed by atoms with van der Waals surface area (Å²) in [5.41, 5.74) is 0.200. The summed E-state index contributed by atoms with van der Waals surface area (Å²) in [6.45, 7) is 3.69. The molecule has 0 bridgehead atoms. The molecule has 0 aromatic carbocycles. The SMILES string of the molecule is C[C@]12C[C@H](O)[C@@H]3C(=CC=C4C[C@@H](O)CC[C@]43C)[C@@H]1CC[C@]2(O)[C@@H](O)CO.